The lowest BCUT2D eigenvalue weighted by atomic mass is 9.90. The van der Waals surface area contributed by atoms with Gasteiger partial charge in [-0.3, -0.25) is 9.58 Å². The summed E-state index contributed by atoms with van der Waals surface area (Å²) >= 11 is 6.36. The first-order chi connectivity index (χ1) is 9.75. The van der Waals surface area contributed by atoms with Crippen LogP contribution in [-0.2, 0) is 6.54 Å². The molecule has 21 heavy (non-hydrogen) atoms. The average molecular weight is 316 g/mol. The molecule has 1 unspecified atom stereocenters. The Morgan fingerprint density at radius 3 is 2.38 bits per heavy atom. The zero-order valence-corrected chi connectivity index (χ0v) is 15.0. The summed E-state index contributed by atoms with van der Waals surface area (Å²) in [4.78, 5) is 4.48. The van der Waals surface area contributed by atoms with Gasteiger partial charge in [0.05, 0.1) is 29.5 Å². The van der Waals surface area contributed by atoms with E-state index >= 15 is 0 Å². The standard InChI is InChI=1S/C15H30ClN5/c1-7-20(8-2)15(3,4)14(17)13-12(16)11-18-21(13)10-9-19(5)6/h11,14H,7-10,17H2,1-6H3. The molecule has 5 nitrogen and oxygen atoms in total. The van der Waals surface area contributed by atoms with Crippen LogP contribution < -0.4 is 5.73 Å². The molecule has 0 radical (unpaired) electrons. The van der Waals surface area contributed by atoms with Gasteiger partial charge in [-0.15, -0.1) is 0 Å². The highest BCUT2D eigenvalue weighted by Gasteiger charge is 2.35. The van der Waals surface area contributed by atoms with Crippen LogP contribution in [0.2, 0.25) is 5.02 Å². The molecular formula is C15H30ClN5. The van der Waals surface area contributed by atoms with Crippen molar-refractivity contribution < 1.29 is 0 Å². The highest BCUT2D eigenvalue weighted by Crippen LogP contribution is 2.32. The molecular weight excluding hydrogens is 286 g/mol. The summed E-state index contributed by atoms with van der Waals surface area (Å²) in [5, 5.41) is 5.05. The fraction of sp³-hybridized carbons (Fsp3) is 0.800. The Balaban J connectivity index is 3.05. The highest BCUT2D eigenvalue weighted by atomic mass is 35.5. The number of halogens is 1. The van der Waals surface area contributed by atoms with Crippen molar-refractivity contribution in [1.29, 1.82) is 0 Å². The highest BCUT2D eigenvalue weighted by molar-refractivity contribution is 6.31. The van der Waals surface area contributed by atoms with Crippen molar-refractivity contribution >= 4 is 11.6 Å². The topological polar surface area (TPSA) is 50.3 Å². The molecule has 1 atom stereocenters. The molecule has 1 aromatic heterocycles. The van der Waals surface area contributed by atoms with Crippen molar-refractivity contribution in [1.82, 2.24) is 19.6 Å². The number of nitrogens with zero attached hydrogens (tertiary/aromatic N) is 4. The Labute approximate surface area is 134 Å². The quantitative estimate of drug-likeness (QED) is 0.799. The first kappa shape index (κ1) is 18.4. The summed E-state index contributed by atoms with van der Waals surface area (Å²) in [5.74, 6) is 0. The van der Waals surface area contributed by atoms with E-state index in [1.54, 1.807) is 6.20 Å². The van der Waals surface area contributed by atoms with Crippen LogP contribution in [0.4, 0.5) is 0 Å². The normalized spacial score (nSPS) is 14.2. The second-order valence-electron chi connectivity index (χ2n) is 6.21. The van der Waals surface area contributed by atoms with E-state index in [2.05, 4.69) is 42.6 Å². The lowest BCUT2D eigenvalue weighted by Gasteiger charge is -2.42. The fourth-order valence-corrected chi connectivity index (χ4v) is 2.98. The molecule has 0 saturated heterocycles. The van der Waals surface area contributed by atoms with Gasteiger partial charge < -0.3 is 10.6 Å². The SMILES string of the molecule is CCN(CC)C(C)(C)C(N)c1c(Cl)cnn1CCN(C)C. The van der Waals surface area contributed by atoms with Crippen LogP contribution in [0.15, 0.2) is 6.20 Å². The van der Waals surface area contributed by atoms with E-state index in [1.807, 2.05) is 18.8 Å². The van der Waals surface area contributed by atoms with Crippen molar-refractivity contribution in [3.05, 3.63) is 16.9 Å². The van der Waals surface area contributed by atoms with Crippen LogP contribution in [0, 0.1) is 0 Å². The first-order valence-electron chi connectivity index (χ1n) is 7.62. The van der Waals surface area contributed by atoms with E-state index in [0.717, 1.165) is 31.9 Å². The second-order valence-corrected chi connectivity index (χ2v) is 6.61. The minimum Gasteiger partial charge on any atom is -0.321 e. The molecule has 0 aliphatic rings. The number of rotatable bonds is 8. The third-order valence-electron chi connectivity index (χ3n) is 4.23. The Morgan fingerprint density at radius 1 is 1.33 bits per heavy atom. The molecule has 2 N–H and O–H groups in total. The van der Waals surface area contributed by atoms with Gasteiger partial charge in [-0.1, -0.05) is 25.4 Å². The maximum atomic E-state index is 6.58. The van der Waals surface area contributed by atoms with Crippen molar-refractivity contribution in [2.75, 3.05) is 33.7 Å². The number of aromatic nitrogens is 2. The van der Waals surface area contributed by atoms with Crippen LogP contribution >= 0.6 is 11.6 Å². The lowest BCUT2D eigenvalue weighted by molar-refractivity contribution is 0.103. The predicted molar refractivity (Wildman–Crippen MR) is 89.7 cm³/mol. The van der Waals surface area contributed by atoms with Gasteiger partial charge in [-0.2, -0.15) is 5.10 Å². The third-order valence-corrected chi connectivity index (χ3v) is 4.52. The van der Waals surface area contributed by atoms with Crippen molar-refractivity contribution in [2.45, 2.75) is 45.8 Å². The van der Waals surface area contributed by atoms with Crippen LogP contribution in [0.3, 0.4) is 0 Å². The van der Waals surface area contributed by atoms with Crippen LogP contribution in [0.25, 0.3) is 0 Å². The smallest absolute Gasteiger partial charge is 0.0834 e. The maximum absolute atomic E-state index is 6.58. The first-order valence-corrected chi connectivity index (χ1v) is 8.00. The zero-order chi connectivity index (χ0) is 16.2. The predicted octanol–water partition coefficient (Wildman–Crippen LogP) is 2.22. The minimum atomic E-state index is -0.186. The zero-order valence-electron chi connectivity index (χ0n) is 14.2. The van der Waals surface area contributed by atoms with E-state index in [0.29, 0.717) is 5.02 Å². The molecule has 0 fully saturated rings. The van der Waals surface area contributed by atoms with Crippen molar-refractivity contribution in [3.63, 3.8) is 0 Å². The molecule has 0 saturated carbocycles. The van der Waals surface area contributed by atoms with E-state index in [1.165, 1.54) is 0 Å². The summed E-state index contributed by atoms with van der Waals surface area (Å²) in [5.41, 5.74) is 7.33. The lowest BCUT2D eigenvalue weighted by Crippen LogP contribution is -2.51. The minimum absolute atomic E-state index is 0.178. The molecule has 0 spiro atoms. The molecule has 1 rings (SSSR count). The van der Waals surface area contributed by atoms with Gasteiger partial charge in [0.25, 0.3) is 0 Å². The summed E-state index contributed by atoms with van der Waals surface area (Å²) in [6.07, 6.45) is 1.70. The maximum Gasteiger partial charge on any atom is 0.0834 e. The van der Waals surface area contributed by atoms with E-state index in [9.17, 15) is 0 Å². The number of nitrogens with two attached hydrogens (primary N) is 1. The van der Waals surface area contributed by atoms with Gasteiger partial charge in [0.2, 0.25) is 0 Å². The van der Waals surface area contributed by atoms with Gasteiger partial charge in [-0.25, -0.2) is 0 Å². The van der Waals surface area contributed by atoms with Crippen molar-refractivity contribution in [2.24, 2.45) is 5.73 Å². The Morgan fingerprint density at radius 2 is 1.90 bits per heavy atom. The molecule has 0 amide bonds. The average Bonchev–Trinajstić information content (AvgIpc) is 2.77. The van der Waals surface area contributed by atoms with E-state index in [4.69, 9.17) is 17.3 Å². The van der Waals surface area contributed by atoms with Crippen LogP contribution in [0.5, 0.6) is 0 Å². The molecule has 1 aromatic rings. The molecule has 0 aliphatic heterocycles. The Bertz CT molecular complexity index is 437. The summed E-state index contributed by atoms with van der Waals surface area (Å²) in [6, 6.07) is -0.186. The van der Waals surface area contributed by atoms with Crippen LogP contribution in [0.1, 0.15) is 39.4 Å². The number of likely N-dealkylation sites (N-methyl/N-ethyl adjacent to an activating group) is 2. The molecule has 0 aliphatic carbocycles. The molecule has 6 heteroatoms. The fourth-order valence-electron chi connectivity index (χ4n) is 2.72. The summed E-state index contributed by atoms with van der Waals surface area (Å²) < 4.78 is 1.94. The monoisotopic (exact) mass is 315 g/mol. The van der Waals surface area contributed by atoms with Gasteiger partial charge in [0.15, 0.2) is 0 Å². The molecule has 1 heterocycles. The molecule has 122 valence electrons. The Kier molecular flexibility index (Phi) is 6.66. The van der Waals surface area contributed by atoms with Gasteiger partial charge in [0.1, 0.15) is 0 Å². The Hall–Kier alpha value is -0.620. The number of hydrogen-bond acceptors (Lipinski definition) is 4. The molecule has 0 aromatic carbocycles. The largest absolute Gasteiger partial charge is 0.321 e. The summed E-state index contributed by atoms with van der Waals surface area (Å²) in [7, 11) is 4.09. The van der Waals surface area contributed by atoms with E-state index in [-0.39, 0.29) is 11.6 Å². The molecule has 0 bridgehead atoms. The summed E-state index contributed by atoms with van der Waals surface area (Å²) in [6.45, 7) is 12.3. The third kappa shape index (κ3) is 4.19. The van der Waals surface area contributed by atoms with Gasteiger partial charge >= 0.3 is 0 Å². The van der Waals surface area contributed by atoms with E-state index < -0.39 is 0 Å². The number of hydrogen-bond donors (Lipinski definition) is 1. The van der Waals surface area contributed by atoms with Gasteiger partial charge in [-0.05, 0) is 41.0 Å². The second kappa shape index (κ2) is 7.58. The van der Waals surface area contributed by atoms with Crippen LogP contribution in [-0.4, -0.2) is 58.8 Å². The van der Waals surface area contributed by atoms with Gasteiger partial charge in [0, 0.05) is 12.1 Å². The van der Waals surface area contributed by atoms with Crippen molar-refractivity contribution in [3.8, 4) is 0 Å².